The molecule has 0 heterocycles. The van der Waals surface area contributed by atoms with Gasteiger partial charge in [-0.1, -0.05) is 53.9 Å². The zero-order valence-corrected chi connectivity index (χ0v) is 26.4. The lowest BCUT2D eigenvalue weighted by Crippen LogP contribution is -2.51. The van der Waals surface area contributed by atoms with Crippen LogP contribution >= 0.6 is 39.1 Å². The second kappa shape index (κ2) is 13.7. The third kappa shape index (κ3) is 7.09. The lowest BCUT2D eigenvalue weighted by molar-refractivity contribution is -0.140. The van der Waals surface area contributed by atoms with Gasteiger partial charge in [0.25, 0.3) is 10.0 Å². The Labute approximate surface area is 253 Å². The molecule has 214 valence electrons. The Kier molecular flexibility index (Phi) is 10.9. The van der Waals surface area contributed by atoms with Crippen molar-refractivity contribution < 1.29 is 22.7 Å². The number of nitrogens with one attached hydrogen (secondary N) is 1. The number of sulfonamides is 1. The summed E-state index contributed by atoms with van der Waals surface area (Å²) in [5, 5.41) is 3.23. The molecule has 2 amide bonds. The van der Waals surface area contributed by atoms with Gasteiger partial charge in [-0.05, 0) is 71.7 Å². The van der Waals surface area contributed by atoms with Crippen LogP contribution in [0.1, 0.15) is 24.5 Å². The van der Waals surface area contributed by atoms with Gasteiger partial charge in [-0.2, -0.15) is 0 Å². The van der Waals surface area contributed by atoms with Crippen LogP contribution in [0.4, 0.5) is 5.69 Å². The van der Waals surface area contributed by atoms with Gasteiger partial charge in [0.1, 0.15) is 18.3 Å². The molecule has 8 nitrogen and oxygen atoms in total. The molecule has 1 N–H and O–H groups in total. The van der Waals surface area contributed by atoms with Crippen molar-refractivity contribution in [3.63, 3.8) is 0 Å². The number of benzene rings is 3. The van der Waals surface area contributed by atoms with Crippen molar-refractivity contribution in [1.82, 2.24) is 10.2 Å². The molecule has 0 unspecified atom stereocenters. The summed E-state index contributed by atoms with van der Waals surface area (Å²) in [6, 6.07) is 15.2. The van der Waals surface area contributed by atoms with Gasteiger partial charge in [-0.15, -0.1) is 0 Å². The molecule has 3 rings (SSSR count). The van der Waals surface area contributed by atoms with Gasteiger partial charge in [0.2, 0.25) is 11.8 Å². The molecule has 0 aliphatic carbocycles. The Balaban J connectivity index is 2.11. The Morgan fingerprint density at radius 3 is 2.20 bits per heavy atom. The largest absolute Gasteiger partial charge is 0.496 e. The van der Waals surface area contributed by atoms with E-state index in [1.165, 1.54) is 37.3 Å². The van der Waals surface area contributed by atoms with Gasteiger partial charge < -0.3 is 15.0 Å². The zero-order chi connectivity index (χ0) is 29.6. The van der Waals surface area contributed by atoms with Gasteiger partial charge in [0.05, 0.1) is 22.2 Å². The number of carbonyl (C=O) groups is 2. The first-order valence-corrected chi connectivity index (χ1v) is 15.3. The number of aryl methyl sites for hydroxylation is 1. The van der Waals surface area contributed by atoms with E-state index in [0.717, 1.165) is 9.87 Å². The van der Waals surface area contributed by atoms with Crippen LogP contribution in [0.3, 0.4) is 0 Å². The minimum absolute atomic E-state index is 0.0485. The maximum absolute atomic E-state index is 14.0. The third-order valence-electron chi connectivity index (χ3n) is 6.33. The first-order valence-electron chi connectivity index (χ1n) is 12.3. The molecule has 0 bridgehead atoms. The highest BCUT2D eigenvalue weighted by Gasteiger charge is 2.34. The number of rotatable bonds is 11. The number of likely N-dealkylation sites (N-methyl/N-ethyl adjacent to an activating group) is 1. The molecule has 0 aromatic heterocycles. The Bertz CT molecular complexity index is 1470. The van der Waals surface area contributed by atoms with E-state index in [9.17, 15) is 18.0 Å². The van der Waals surface area contributed by atoms with Crippen LogP contribution in [0, 0.1) is 6.92 Å². The van der Waals surface area contributed by atoms with E-state index >= 15 is 0 Å². The van der Waals surface area contributed by atoms with Gasteiger partial charge >= 0.3 is 0 Å². The second-order valence-electron chi connectivity index (χ2n) is 8.90. The summed E-state index contributed by atoms with van der Waals surface area (Å²) in [5.41, 5.74) is 1.65. The summed E-state index contributed by atoms with van der Waals surface area (Å²) >= 11 is 16.1. The summed E-state index contributed by atoms with van der Waals surface area (Å²) in [6.45, 7) is 2.96. The summed E-state index contributed by atoms with van der Waals surface area (Å²) in [7, 11) is -1.30. The highest BCUT2D eigenvalue weighted by molar-refractivity contribution is 9.10. The number of carbonyl (C=O) groups excluding carboxylic acids is 2. The first kappa shape index (κ1) is 31.7. The van der Waals surface area contributed by atoms with E-state index in [4.69, 9.17) is 27.9 Å². The quantitative estimate of drug-likeness (QED) is 0.277. The van der Waals surface area contributed by atoms with Crippen LogP contribution in [0.2, 0.25) is 10.0 Å². The van der Waals surface area contributed by atoms with Crippen LogP contribution in [0.25, 0.3) is 0 Å². The fourth-order valence-electron chi connectivity index (χ4n) is 4.11. The normalized spacial score (nSPS) is 12.0. The molecule has 12 heteroatoms. The van der Waals surface area contributed by atoms with E-state index in [-0.39, 0.29) is 23.5 Å². The van der Waals surface area contributed by atoms with Crippen molar-refractivity contribution in [2.24, 2.45) is 0 Å². The van der Waals surface area contributed by atoms with Gasteiger partial charge in [0, 0.05) is 29.2 Å². The minimum Gasteiger partial charge on any atom is -0.496 e. The van der Waals surface area contributed by atoms with Crippen LogP contribution in [0.5, 0.6) is 5.75 Å². The minimum atomic E-state index is -4.24. The summed E-state index contributed by atoms with van der Waals surface area (Å²) in [5.74, 6) is -0.554. The predicted octanol–water partition coefficient (Wildman–Crippen LogP) is 5.82. The fraction of sp³-hybridized carbons (Fsp3) is 0.286. The third-order valence-corrected chi connectivity index (χ3v) is 9.43. The molecule has 0 aliphatic rings. The van der Waals surface area contributed by atoms with Crippen molar-refractivity contribution in [3.05, 3.63) is 86.3 Å². The number of anilines is 1. The highest BCUT2D eigenvalue weighted by Crippen LogP contribution is 2.32. The lowest BCUT2D eigenvalue weighted by Gasteiger charge is -2.33. The molecule has 0 saturated heterocycles. The number of halogens is 3. The number of ether oxygens (including phenoxy) is 1. The average Bonchev–Trinajstić information content (AvgIpc) is 2.93. The number of hydrogen-bond acceptors (Lipinski definition) is 5. The van der Waals surface area contributed by atoms with Gasteiger partial charge in [-0.3, -0.25) is 13.9 Å². The highest BCUT2D eigenvalue weighted by atomic mass is 79.9. The number of methoxy groups -OCH3 is 1. The predicted molar refractivity (Wildman–Crippen MR) is 162 cm³/mol. The van der Waals surface area contributed by atoms with Crippen molar-refractivity contribution >= 4 is 66.7 Å². The molecule has 0 aliphatic heterocycles. The van der Waals surface area contributed by atoms with Crippen LogP contribution in [-0.2, 0) is 26.2 Å². The summed E-state index contributed by atoms with van der Waals surface area (Å²) in [6.07, 6.45) is 0.274. The Morgan fingerprint density at radius 2 is 1.68 bits per heavy atom. The Hall–Kier alpha value is -2.79. The SMILES string of the molecule is CC[C@@H](C(=O)NC)N(Cc1c(Cl)cccc1Cl)C(=O)CN(c1ccc(C)cc1)S(=O)(=O)c1ccc(OC)c(Br)c1. The molecule has 0 saturated carbocycles. The molecular formula is C28H30BrCl2N3O5S. The molecule has 40 heavy (non-hydrogen) atoms. The maximum atomic E-state index is 14.0. The van der Waals surface area contributed by atoms with Crippen molar-refractivity contribution in [2.45, 2.75) is 37.8 Å². The van der Waals surface area contributed by atoms with Crippen LogP contribution in [-0.4, -0.2) is 51.9 Å². The lowest BCUT2D eigenvalue weighted by atomic mass is 10.1. The molecule has 3 aromatic carbocycles. The zero-order valence-electron chi connectivity index (χ0n) is 22.4. The smallest absolute Gasteiger partial charge is 0.264 e. The van der Waals surface area contributed by atoms with E-state index in [2.05, 4.69) is 21.2 Å². The summed E-state index contributed by atoms with van der Waals surface area (Å²) in [4.78, 5) is 28.1. The van der Waals surface area contributed by atoms with E-state index in [1.54, 1.807) is 49.4 Å². The molecule has 1 atom stereocenters. The number of nitrogens with zero attached hydrogens (tertiary/aromatic N) is 2. The van der Waals surface area contributed by atoms with Gasteiger partial charge in [-0.25, -0.2) is 8.42 Å². The molecule has 0 spiro atoms. The van der Waals surface area contributed by atoms with Crippen LogP contribution < -0.4 is 14.4 Å². The molecule has 0 fully saturated rings. The maximum Gasteiger partial charge on any atom is 0.264 e. The monoisotopic (exact) mass is 669 g/mol. The first-order chi connectivity index (χ1) is 18.9. The van der Waals surface area contributed by atoms with E-state index in [1.807, 2.05) is 6.92 Å². The number of hydrogen-bond donors (Lipinski definition) is 1. The molecular weight excluding hydrogens is 641 g/mol. The Morgan fingerprint density at radius 1 is 1.05 bits per heavy atom. The topological polar surface area (TPSA) is 96.0 Å². The summed E-state index contributed by atoms with van der Waals surface area (Å²) < 4.78 is 34.7. The second-order valence-corrected chi connectivity index (χ2v) is 12.4. The fourth-order valence-corrected chi connectivity index (χ4v) is 6.76. The average molecular weight is 671 g/mol. The van der Waals surface area contributed by atoms with Gasteiger partial charge in [0.15, 0.2) is 0 Å². The number of amides is 2. The van der Waals surface area contributed by atoms with Crippen LogP contribution in [0.15, 0.2) is 70.0 Å². The van der Waals surface area contributed by atoms with E-state index in [0.29, 0.717) is 25.8 Å². The standard InChI is InChI=1S/C28H30BrCl2N3O5S/c1-5-25(28(36)32-3)33(16-21-23(30)7-6-8-24(21)31)27(35)17-34(19-11-9-18(2)10-12-19)40(37,38)20-13-14-26(39-4)22(29)15-20/h6-15,25H,5,16-17H2,1-4H3,(H,32,36)/t25-/m0/s1. The molecule has 3 aromatic rings. The van der Waals surface area contributed by atoms with Crippen molar-refractivity contribution in [1.29, 1.82) is 0 Å². The molecule has 0 radical (unpaired) electrons. The van der Waals surface area contributed by atoms with E-state index < -0.39 is 34.4 Å². The van der Waals surface area contributed by atoms with Crippen molar-refractivity contribution in [2.75, 3.05) is 25.0 Å². The van der Waals surface area contributed by atoms with Crippen molar-refractivity contribution in [3.8, 4) is 5.75 Å².